The maximum absolute atomic E-state index is 14.2. The zero-order valence-corrected chi connectivity index (χ0v) is 23.3. The Balaban J connectivity index is 1.05. The van der Waals surface area contributed by atoms with E-state index in [-0.39, 0.29) is 27.9 Å². The number of nitrogens with zero attached hydrogens (tertiary/aromatic N) is 6. The Morgan fingerprint density at radius 2 is 1.98 bits per heavy atom. The average molecular weight is 581 g/mol. The summed E-state index contributed by atoms with van der Waals surface area (Å²) in [7, 11) is 0. The fraction of sp³-hybridized carbons (Fsp3) is 0.323. The molecule has 7 rings (SSSR count). The minimum Gasteiger partial charge on any atom is -0.477 e. The number of hydrogen-bond acceptors (Lipinski definition) is 8. The van der Waals surface area contributed by atoms with Gasteiger partial charge in [0.2, 0.25) is 11.8 Å². The maximum Gasteiger partial charge on any atom is 0.346 e. The van der Waals surface area contributed by atoms with E-state index in [9.17, 15) is 19.6 Å². The van der Waals surface area contributed by atoms with Crippen LogP contribution in [0.15, 0.2) is 48.5 Å². The number of benzene rings is 1. The zero-order valence-electron chi connectivity index (χ0n) is 22.5. The molecular formula is C31H25FN6O3S. The van der Waals surface area contributed by atoms with Crippen molar-refractivity contribution in [2.75, 3.05) is 18.0 Å². The highest BCUT2D eigenvalue weighted by Gasteiger charge is 2.50. The van der Waals surface area contributed by atoms with E-state index >= 15 is 0 Å². The number of nitriles is 2. The first-order valence-electron chi connectivity index (χ1n) is 13.7. The van der Waals surface area contributed by atoms with Crippen LogP contribution in [-0.2, 0) is 13.2 Å². The van der Waals surface area contributed by atoms with Gasteiger partial charge in [0.05, 0.1) is 28.9 Å². The van der Waals surface area contributed by atoms with E-state index in [4.69, 9.17) is 15.0 Å². The molecule has 2 aliphatic carbocycles. The molecule has 0 bridgehead atoms. The molecule has 1 saturated carbocycles. The average Bonchev–Trinajstić information content (AvgIpc) is 3.43. The number of carboxylic acid groups (broad SMARTS) is 1. The molecule has 42 heavy (non-hydrogen) atoms. The topological polar surface area (TPSA) is 128 Å². The van der Waals surface area contributed by atoms with Crippen molar-refractivity contribution >= 4 is 39.2 Å². The van der Waals surface area contributed by atoms with Gasteiger partial charge in [-0.25, -0.2) is 19.2 Å². The number of anilines is 1. The SMILES string of the molecule is N#CCC1(Cn2c(N3CC4(C=C(c5cccc(OCc6ccc(C#N)cc6F)n5)C4)C3)nc3sc(C(=O)O)cc32)CC1. The molecule has 0 radical (unpaired) electrons. The number of hydrogen-bond donors (Lipinski definition) is 1. The number of imidazole rings is 1. The summed E-state index contributed by atoms with van der Waals surface area (Å²) in [6, 6.07) is 15.8. The van der Waals surface area contributed by atoms with Crippen LogP contribution in [0.4, 0.5) is 10.3 Å². The molecule has 1 saturated heterocycles. The summed E-state index contributed by atoms with van der Waals surface area (Å²) in [5, 5.41) is 27.8. The van der Waals surface area contributed by atoms with Crippen molar-refractivity contribution in [3.8, 4) is 18.0 Å². The lowest BCUT2D eigenvalue weighted by atomic mass is 9.65. The van der Waals surface area contributed by atoms with Crippen molar-refractivity contribution in [3.05, 3.63) is 76.1 Å². The number of ether oxygens (including phenoxy) is 1. The van der Waals surface area contributed by atoms with Crippen LogP contribution in [0.1, 0.15) is 52.2 Å². The molecule has 3 aliphatic rings. The van der Waals surface area contributed by atoms with Gasteiger partial charge in [0.25, 0.3) is 0 Å². The van der Waals surface area contributed by atoms with Crippen LogP contribution >= 0.6 is 11.3 Å². The standard InChI is InChI=1S/C31H25FN6O3S/c32-22-10-19(14-34)4-5-20(22)15-41-26-3-1-2-23(35-26)21-12-31(13-21)16-37(17-31)29-36-27-24(11-25(42-27)28(39)40)38(29)18-30(6-7-30)8-9-33/h1-5,10-12H,6-8,13,15-18H2,(H,39,40). The van der Waals surface area contributed by atoms with Gasteiger partial charge in [-0.15, -0.1) is 11.3 Å². The molecular weight excluding hydrogens is 555 g/mol. The number of rotatable bonds is 9. The molecule has 4 heterocycles. The van der Waals surface area contributed by atoms with Gasteiger partial charge in [-0.1, -0.05) is 18.2 Å². The van der Waals surface area contributed by atoms with E-state index in [1.165, 1.54) is 17.4 Å². The first-order valence-corrected chi connectivity index (χ1v) is 14.5. The van der Waals surface area contributed by atoms with Crippen LogP contribution in [0, 0.1) is 39.3 Å². The van der Waals surface area contributed by atoms with E-state index in [1.807, 2.05) is 18.2 Å². The van der Waals surface area contributed by atoms with E-state index in [2.05, 4.69) is 26.6 Å². The van der Waals surface area contributed by atoms with Crippen molar-refractivity contribution in [2.45, 2.75) is 38.8 Å². The van der Waals surface area contributed by atoms with Crippen molar-refractivity contribution in [3.63, 3.8) is 0 Å². The number of carboxylic acids is 1. The molecule has 1 N–H and O–H groups in total. The first-order chi connectivity index (χ1) is 20.3. The molecule has 210 valence electrons. The highest BCUT2D eigenvalue weighted by atomic mass is 32.1. The molecule has 9 nitrogen and oxygen atoms in total. The molecule has 2 fully saturated rings. The van der Waals surface area contributed by atoms with Gasteiger partial charge in [0.15, 0.2) is 0 Å². The third-order valence-corrected chi connectivity index (χ3v) is 9.48. The highest BCUT2D eigenvalue weighted by molar-refractivity contribution is 7.20. The summed E-state index contributed by atoms with van der Waals surface area (Å²) in [5.74, 6) is -0.191. The second kappa shape index (κ2) is 9.68. The smallest absolute Gasteiger partial charge is 0.346 e. The van der Waals surface area contributed by atoms with Gasteiger partial charge in [0.1, 0.15) is 22.1 Å². The van der Waals surface area contributed by atoms with Crippen molar-refractivity contribution in [1.29, 1.82) is 10.5 Å². The van der Waals surface area contributed by atoms with Crippen LogP contribution in [0.2, 0.25) is 0 Å². The monoisotopic (exact) mass is 580 g/mol. The Morgan fingerprint density at radius 1 is 1.17 bits per heavy atom. The second-order valence-electron chi connectivity index (χ2n) is 11.6. The van der Waals surface area contributed by atoms with E-state index in [0.29, 0.717) is 29.2 Å². The molecule has 11 heteroatoms. The number of thiophene rings is 1. The minimum atomic E-state index is -0.955. The summed E-state index contributed by atoms with van der Waals surface area (Å²) in [5.41, 5.74) is 3.37. The highest BCUT2D eigenvalue weighted by Crippen LogP contribution is 2.54. The number of pyridine rings is 1. The fourth-order valence-corrected chi connectivity index (χ4v) is 6.85. The fourth-order valence-electron chi connectivity index (χ4n) is 5.98. The maximum atomic E-state index is 14.2. The lowest BCUT2D eigenvalue weighted by Gasteiger charge is -2.54. The molecule has 0 amide bonds. The summed E-state index contributed by atoms with van der Waals surface area (Å²) in [6.07, 6.45) is 5.58. The summed E-state index contributed by atoms with van der Waals surface area (Å²) >= 11 is 1.19. The quantitative estimate of drug-likeness (QED) is 0.264. The van der Waals surface area contributed by atoms with Crippen LogP contribution in [0.25, 0.3) is 15.9 Å². The first kappa shape index (κ1) is 26.2. The largest absolute Gasteiger partial charge is 0.477 e. The number of allylic oxidation sites excluding steroid dienone is 1. The van der Waals surface area contributed by atoms with Gasteiger partial charge in [-0.2, -0.15) is 10.5 Å². The molecule has 1 spiro atoms. The Bertz CT molecular complexity index is 1870. The molecule has 1 aliphatic heterocycles. The molecule has 4 aromatic rings. The van der Waals surface area contributed by atoms with Crippen LogP contribution in [0.5, 0.6) is 5.88 Å². The van der Waals surface area contributed by atoms with E-state index < -0.39 is 11.8 Å². The number of aromatic nitrogens is 3. The van der Waals surface area contributed by atoms with Gasteiger partial charge >= 0.3 is 5.97 Å². The van der Waals surface area contributed by atoms with Gasteiger partial charge in [-0.3, -0.25) is 0 Å². The summed E-state index contributed by atoms with van der Waals surface area (Å²) in [6.45, 7) is 2.27. The van der Waals surface area contributed by atoms with E-state index in [1.54, 1.807) is 24.3 Å². The normalized spacial score (nSPS) is 17.6. The van der Waals surface area contributed by atoms with Gasteiger partial charge in [0, 0.05) is 48.5 Å². The lowest BCUT2D eigenvalue weighted by molar-refractivity contribution is 0.0702. The summed E-state index contributed by atoms with van der Waals surface area (Å²) in [4.78, 5) is 24.3. The molecule has 3 aromatic heterocycles. The predicted octanol–water partition coefficient (Wildman–Crippen LogP) is 5.77. The number of aromatic carboxylic acids is 1. The second-order valence-corrected chi connectivity index (χ2v) is 12.6. The van der Waals surface area contributed by atoms with Crippen LogP contribution in [-0.4, -0.2) is 38.7 Å². The third-order valence-electron chi connectivity index (χ3n) is 8.47. The zero-order chi connectivity index (χ0) is 29.1. The molecule has 0 unspecified atom stereocenters. The predicted molar refractivity (Wildman–Crippen MR) is 153 cm³/mol. The van der Waals surface area contributed by atoms with E-state index in [0.717, 1.165) is 55.1 Å². The van der Waals surface area contributed by atoms with Crippen LogP contribution in [0.3, 0.4) is 0 Å². The Labute approximate surface area is 244 Å². The third kappa shape index (κ3) is 4.56. The lowest BCUT2D eigenvalue weighted by Crippen LogP contribution is -2.59. The van der Waals surface area contributed by atoms with Crippen LogP contribution < -0.4 is 9.64 Å². The van der Waals surface area contributed by atoms with Crippen molar-refractivity contribution in [2.24, 2.45) is 10.8 Å². The summed E-state index contributed by atoms with van der Waals surface area (Å²) < 4.78 is 22.1. The number of carbonyl (C=O) groups is 1. The van der Waals surface area contributed by atoms with Gasteiger partial charge < -0.3 is 19.3 Å². The number of fused-ring (bicyclic) bond motifs is 1. The van der Waals surface area contributed by atoms with Gasteiger partial charge in [-0.05, 0) is 49.1 Å². The minimum absolute atomic E-state index is 0.0135. The molecule has 0 atom stereocenters. The molecule has 1 aromatic carbocycles. The Morgan fingerprint density at radius 3 is 2.67 bits per heavy atom. The Kier molecular flexibility index (Phi) is 6.03. The Hall–Kier alpha value is -4.74. The number of halogens is 1. The van der Waals surface area contributed by atoms with Crippen molar-refractivity contribution < 1.29 is 19.0 Å². The van der Waals surface area contributed by atoms with Crippen molar-refractivity contribution in [1.82, 2.24) is 14.5 Å².